The molecule has 1 fully saturated rings. The normalized spacial score (nSPS) is 18.6. The van der Waals surface area contributed by atoms with Crippen molar-refractivity contribution in [3.8, 4) is 6.07 Å². The van der Waals surface area contributed by atoms with E-state index in [0.717, 1.165) is 25.8 Å². The van der Waals surface area contributed by atoms with E-state index in [-0.39, 0.29) is 18.3 Å². The fourth-order valence-electron chi connectivity index (χ4n) is 2.74. The van der Waals surface area contributed by atoms with Crippen LogP contribution in [0.15, 0.2) is 18.2 Å². The predicted molar refractivity (Wildman–Crippen MR) is 74.5 cm³/mol. The molecule has 1 saturated heterocycles. The standard InChI is InChI=1S/C14H17N3O3/c15-10-11-4-5-13(17(19)20)14(9-11)16-7-2-1-3-12(16)6-8-18/h4-5,9,12,18H,1-3,6-8H2. The lowest BCUT2D eigenvalue weighted by atomic mass is 9.98. The predicted octanol–water partition coefficient (Wildman–Crippen LogP) is 2.21. The van der Waals surface area contributed by atoms with E-state index in [1.54, 1.807) is 6.07 Å². The molecule has 1 unspecified atom stereocenters. The van der Waals surface area contributed by atoms with Gasteiger partial charge in [0.15, 0.2) is 0 Å². The van der Waals surface area contributed by atoms with Crippen molar-refractivity contribution in [3.63, 3.8) is 0 Å². The number of hydrogen-bond donors (Lipinski definition) is 1. The number of hydrogen-bond acceptors (Lipinski definition) is 5. The first-order chi connectivity index (χ1) is 9.67. The molecule has 106 valence electrons. The highest BCUT2D eigenvalue weighted by Gasteiger charge is 2.28. The van der Waals surface area contributed by atoms with Gasteiger partial charge in [-0.15, -0.1) is 0 Å². The van der Waals surface area contributed by atoms with Crippen LogP contribution in [0, 0.1) is 21.4 Å². The topological polar surface area (TPSA) is 90.4 Å². The third-order valence-corrected chi connectivity index (χ3v) is 3.70. The van der Waals surface area contributed by atoms with Gasteiger partial charge < -0.3 is 10.0 Å². The van der Waals surface area contributed by atoms with E-state index in [2.05, 4.69) is 0 Å². The van der Waals surface area contributed by atoms with Crippen molar-refractivity contribution < 1.29 is 10.0 Å². The van der Waals surface area contributed by atoms with E-state index in [1.807, 2.05) is 11.0 Å². The Morgan fingerprint density at radius 2 is 2.30 bits per heavy atom. The molecular weight excluding hydrogens is 258 g/mol. The minimum atomic E-state index is -0.416. The number of aliphatic hydroxyl groups excluding tert-OH is 1. The van der Waals surface area contributed by atoms with Crippen molar-refractivity contribution in [2.75, 3.05) is 18.1 Å². The van der Waals surface area contributed by atoms with E-state index in [0.29, 0.717) is 17.7 Å². The van der Waals surface area contributed by atoms with Crippen molar-refractivity contribution in [2.24, 2.45) is 0 Å². The number of rotatable bonds is 4. The summed E-state index contributed by atoms with van der Waals surface area (Å²) in [5, 5.41) is 29.3. The molecule has 0 spiro atoms. The maximum Gasteiger partial charge on any atom is 0.292 e. The first-order valence-corrected chi connectivity index (χ1v) is 6.73. The highest BCUT2D eigenvalue weighted by atomic mass is 16.6. The van der Waals surface area contributed by atoms with Gasteiger partial charge in [-0.1, -0.05) is 0 Å². The first kappa shape index (κ1) is 14.3. The van der Waals surface area contributed by atoms with Gasteiger partial charge in [0, 0.05) is 25.3 Å². The molecule has 0 amide bonds. The zero-order valence-corrected chi connectivity index (χ0v) is 11.2. The van der Waals surface area contributed by atoms with E-state index in [1.165, 1.54) is 12.1 Å². The number of nitro groups is 1. The molecular formula is C14H17N3O3. The summed E-state index contributed by atoms with van der Waals surface area (Å²) in [5.41, 5.74) is 0.931. The lowest BCUT2D eigenvalue weighted by molar-refractivity contribution is -0.384. The molecule has 0 saturated carbocycles. The van der Waals surface area contributed by atoms with Gasteiger partial charge in [-0.3, -0.25) is 10.1 Å². The molecule has 1 aliphatic heterocycles. The summed E-state index contributed by atoms with van der Waals surface area (Å²) in [7, 11) is 0. The van der Waals surface area contributed by atoms with Gasteiger partial charge >= 0.3 is 0 Å². The molecule has 1 aromatic rings. The third-order valence-electron chi connectivity index (χ3n) is 3.70. The number of benzene rings is 1. The molecule has 1 N–H and O–H groups in total. The SMILES string of the molecule is N#Cc1ccc([N+](=O)[O-])c(N2CCCCC2CCO)c1. The zero-order valence-electron chi connectivity index (χ0n) is 11.2. The Morgan fingerprint density at radius 1 is 1.50 bits per heavy atom. The van der Waals surface area contributed by atoms with Crippen molar-refractivity contribution in [1.82, 2.24) is 0 Å². The maximum atomic E-state index is 11.2. The van der Waals surface area contributed by atoms with Crippen LogP contribution >= 0.6 is 0 Å². The summed E-state index contributed by atoms with van der Waals surface area (Å²) in [6.07, 6.45) is 3.53. The molecule has 2 rings (SSSR count). The van der Waals surface area contributed by atoms with Crippen molar-refractivity contribution >= 4 is 11.4 Å². The van der Waals surface area contributed by atoms with Gasteiger partial charge in [0.25, 0.3) is 5.69 Å². The minimum Gasteiger partial charge on any atom is -0.396 e. The molecule has 1 heterocycles. The van der Waals surface area contributed by atoms with E-state index < -0.39 is 4.92 Å². The molecule has 6 nitrogen and oxygen atoms in total. The number of aliphatic hydroxyl groups is 1. The van der Waals surface area contributed by atoms with Crippen molar-refractivity contribution in [2.45, 2.75) is 31.7 Å². The zero-order chi connectivity index (χ0) is 14.5. The Kier molecular flexibility index (Phi) is 4.53. The van der Waals surface area contributed by atoms with Crippen LogP contribution in [-0.4, -0.2) is 29.2 Å². The summed E-state index contributed by atoms with van der Waals surface area (Å²) in [5.74, 6) is 0. The van der Waals surface area contributed by atoms with Crippen molar-refractivity contribution in [1.29, 1.82) is 5.26 Å². The summed E-state index contributed by atoms with van der Waals surface area (Å²) >= 11 is 0. The average Bonchev–Trinajstić information content (AvgIpc) is 2.47. The smallest absolute Gasteiger partial charge is 0.292 e. The number of nitrogens with zero attached hydrogens (tertiary/aromatic N) is 3. The lowest BCUT2D eigenvalue weighted by Crippen LogP contribution is -2.40. The minimum absolute atomic E-state index is 0.0221. The fraction of sp³-hybridized carbons (Fsp3) is 0.500. The van der Waals surface area contributed by atoms with E-state index in [4.69, 9.17) is 10.4 Å². The molecule has 1 aliphatic rings. The van der Waals surface area contributed by atoms with Crippen molar-refractivity contribution in [3.05, 3.63) is 33.9 Å². The fourth-order valence-corrected chi connectivity index (χ4v) is 2.74. The highest BCUT2D eigenvalue weighted by molar-refractivity contribution is 5.66. The molecule has 1 atom stereocenters. The Morgan fingerprint density at radius 3 is 2.95 bits per heavy atom. The van der Waals surface area contributed by atoms with Gasteiger partial charge in [-0.05, 0) is 37.8 Å². The van der Waals surface area contributed by atoms with Gasteiger partial charge in [-0.2, -0.15) is 5.26 Å². The second kappa shape index (κ2) is 6.35. The first-order valence-electron chi connectivity index (χ1n) is 6.73. The summed E-state index contributed by atoms with van der Waals surface area (Å²) in [4.78, 5) is 12.7. The van der Waals surface area contributed by atoms with Crippen LogP contribution in [0.4, 0.5) is 11.4 Å². The molecule has 20 heavy (non-hydrogen) atoms. The summed E-state index contributed by atoms with van der Waals surface area (Å²) in [6, 6.07) is 6.55. The van der Waals surface area contributed by atoms with Crippen LogP contribution in [0.25, 0.3) is 0 Å². The quantitative estimate of drug-likeness (QED) is 0.672. The number of anilines is 1. The van der Waals surface area contributed by atoms with Crippen LogP contribution in [0.1, 0.15) is 31.2 Å². The van der Waals surface area contributed by atoms with Gasteiger partial charge in [0.2, 0.25) is 0 Å². The molecule has 0 bridgehead atoms. The Balaban J connectivity index is 2.42. The maximum absolute atomic E-state index is 11.2. The monoisotopic (exact) mass is 275 g/mol. The molecule has 1 aromatic carbocycles. The Bertz CT molecular complexity index is 537. The lowest BCUT2D eigenvalue weighted by Gasteiger charge is -2.37. The van der Waals surface area contributed by atoms with Crippen LogP contribution in [-0.2, 0) is 0 Å². The van der Waals surface area contributed by atoms with E-state index >= 15 is 0 Å². The number of nitriles is 1. The van der Waals surface area contributed by atoms with Gasteiger partial charge in [-0.25, -0.2) is 0 Å². The summed E-state index contributed by atoms with van der Waals surface area (Å²) in [6.45, 7) is 0.785. The Labute approximate surface area is 117 Å². The van der Waals surface area contributed by atoms with Crippen LogP contribution in [0.5, 0.6) is 0 Å². The van der Waals surface area contributed by atoms with Crippen LogP contribution in [0.2, 0.25) is 0 Å². The van der Waals surface area contributed by atoms with Crippen LogP contribution in [0.3, 0.4) is 0 Å². The van der Waals surface area contributed by atoms with Gasteiger partial charge in [0.05, 0.1) is 16.6 Å². The molecule has 6 heteroatoms. The average molecular weight is 275 g/mol. The van der Waals surface area contributed by atoms with Gasteiger partial charge in [0.1, 0.15) is 5.69 Å². The molecule has 0 radical (unpaired) electrons. The largest absolute Gasteiger partial charge is 0.396 e. The van der Waals surface area contributed by atoms with E-state index in [9.17, 15) is 10.1 Å². The second-order valence-corrected chi connectivity index (χ2v) is 4.93. The third kappa shape index (κ3) is 2.89. The second-order valence-electron chi connectivity index (χ2n) is 4.93. The number of nitro benzene ring substituents is 1. The van der Waals surface area contributed by atoms with Crippen LogP contribution < -0.4 is 4.90 Å². The Hall–Kier alpha value is -2.13. The number of piperidine rings is 1. The summed E-state index contributed by atoms with van der Waals surface area (Å²) < 4.78 is 0. The molecule has 0 aliphatic carbocycles. The molecule has 0 aromatic heterocycles. The highest BCUT2D eigenvalue weighted by Crippen LogP contribution is 2.34.